The first kappa shape index (κ1) is 18.0. The number of amides is 2. The molecular weight excluding hydrogens is 360 g/mol. The lowest BCUT2D eigenvalue weighted by Gasteiger charge is -2.42. The largest absolute Gasteiger partial charge is 0.274 e. The van der Waals surface area contributed by atoms with Gasteiger partial charge < -0.3 is 0 Å². The average Bonchev–Trinajstić information content (AvgIpc) is 3.05. The highest BCUT2D eigenvalue weighted by Crippen LogP contribution is 2.46. The summed E-state index contributed by atoms with van der Waals surface area (Å²) in [5, 5.41) is 0. The Bertz CT molecular complexity index is 988. The van der Waals surface area contributed by atoms with Gasteiger partial charge >= 0.3 is 0 Å². The second kappa shape index (κ2) is 7.00. The van der Waals surface area contributed by atoms with Crippen molar-refractivity contribution >= 4 is 11.8 Å². The molecule has 1 fully saturated rings. The maximum Gasteiger partial charge on any atom is 0.231 e. The van der Waals surface area contributed by atoms with Crippen molar-refractivity contribution in [3.05, 3.63) is 107 Å². The highest BCUT2D eigenvalue weighted by Gasteiger charge is 2.52. The summed E-state index contributed by atoms with van der Waals surface area (Å²) in [7, 11) is 0. The first-order valence-corrected chi connectivity index (χ1v) is 8.98. The molecule has 0 unspecified atom stereocenters. The molecule has 3 nitrogen and oxygen atoms in total. The minimum atomic E-state index is -1.73. The molecule has 0 radical (unpaired) electrons. The van der Waals surface area contributed by atoms with Crippen molar-refractivity contribution in [1.29, 1.82) is 0 Å². The van der Waals surface area contributed by atoms with Crippen molar-refractivity contribution in [3.8, 4) is 0 Å². The lowest BCUT2D eigenvalue weighted by atomic mass is 9.75. The average molecular weight is 377 g/mol. The van der Waals surface area contributed by atoms with E-state index in [-0.39, 0.29) is 24.0 Å². The molecule has 0 saturated carbocycles. The van der Waals surface area contributed by atoms with Crippen LogP contribution < -0.4 is 0 Å². The molecule has 3 aromatic rings. The standard InChI is InChI=1S/C23H17F2NO2/c24-19-12-6-4-10-17(19)23(16-8-2-1-3-9-16,18-11-5-7-13-20(18)25)26-21(27)14-15-22(26)28/h1-13H,14-15H2. The SMILES string of the molecule is O=C1CCC(=O)N1C(c1ccccc1)(c1ccccc1F)c1ccccc1F. The van der Waals surface area contributed by atoms with Gasteiger partial charge in [-0.05, 0) is 17.7 Å². The van der Waals surface area contributed by atoms with Crippen LogP contribution in [0.5, 0.6) is 0 Å². The van der Waals surface area contributed by atoms with Crippen LogP contribution >= 0.6 is 0 Å². The van der Waals surface area contributed by atoms with Crippen molar-refractivity contribution in [2.75, 3.05) is 0 Å². The molecule has 0 atom stereocenters. The molecule has 0 aromatic heterocycles. The number of rotatable bonds is 4. The Labute approximate surface area is 161 Å². The fourth-order valence-electron chi connectivity index (χ4n) is 3.97. The summed E-state index contributed by atoms with van der Waals surface area (Å²) in [6.45, 7) is 0. The van der Waals surface area contributed by atoms with Crippen LogP contribution in [0.1, 0.15) is 29.5 Å². The van der Waals surface area contributed by atoms with Gasteiger partial charge in [0.15, 0.2) is 0 Å². The lowest BCUT2D eigenvalue weighted by molar-refractivity contribution is -0.143. The van der Waals surface area contributed by atoms with Crippen molar-refractivity contribution in [1.82, 2.24) is 4.90 Å². The van der Waals surface area contributed by atoms with Crippen LogP contribution in [0.25, 0.3) is 0 Å². The van der Waals surface area contributed by atoms with Gasteiger partial charge in [0.25, 0.3) is 0 Å². The second-order valence-electron chi connectivity index (χ2n) is 6.66. The fourth-order valence-corrected chi connectivity index (χ4v) is 3.97. The van der Waals surface area contributed by atoms with Gasteiger partial charge in [0.05, 0.1) is 0 Å². The molecule has 140 valence electrons. The van der Waals surface area contributed by atoms with Crippen LogP contribution in [0.3, 0.4) is 0 Å². The van der Waals surface area contributed by atoms with E-state index in [0.717, 1.165) is 4.90 Å². The number of carbonyl (C=O) groups is 2. The molecule has 0 aliphatic carbocycles. The predicted octanol–water partition coefficient (Wildman–Crippen LogP) is 4.41. The number of hydrogen-bond donors (Lipinski definition) is 0. The molecule has 1 heterocycles. The lowest BCUT2D eigenvalue weighted by Crippen LogP contribution is -2.51. The molecule has 4 rings (SSSR count). The quantitative estimate of drug-likeness (QED) is 0.499. The minimum absolute atomic E-state index is 0.0102. The second-order valence-corrected chi connectivity index (χ2v) is 6.66. The smallest absolute Gasteiger partial charge is 0.231 e. The Kier molecular flexibility index (Phi) is 4.51. The van der Waals surface area contributed by atoms with Gasteiger partial charge in [0.2, 0.25) is 11.8 Å². The Morgan fingerprint density at radius 1 is 0.643 bits per heavy atom. The minimum Gasteiger partial charge on any atom is -0.274 e. The summed E-state index contributed by atoms with van der Waals surface area (Å²) in [6, 6.07) is 20.3. The zero-order valence-corrected chi connectivity index (χ0v) is 14.9. The maximum absolute atomic E-state index is 15.1. The molecule has 2 amide bonds. The molecule has 0 bridgehead atoms. The van der Waals surface area contributed by atoms with Gasteiger partial charge in [-0.2, -0.15) is 0 Å². The van der Waals surface area contributed by atoms with E-state index < -0.39 is 29.0 Å². The maximum atomic E-state index is 15.1. The third-order valence-corrected chi connectivity index (χ3v) is 5.11. The fraction of sp³-hybridized carbons (Fsp3) is 0.130. The van der Waals surface area contributed by atoms with Gasteiger partial charge in [-0.1, -0.05) is 66.7 Å². The van der Waals surface area contributed by atoms with Crippen molar-refractivity contribution in [2.24, 2.45) is 0 Å². The molecule has 28 heavy (non-hydrogen) atoms. The van der Waals surface area contributed by atoms with Crippen LogP contribution in [0, 0.1) is 11.6 Å². The van der Waals surface area contributed by atoms with Crippen molar-refractivity contribution in [2.45, 2.75) is 18.4 Å². The summed E-state index contributed by atoms with van der Waals surface area (Å²) in [4.78, 5) is 26.7. The normalized spacial score (nSPS) is 14.6. The van der Waals surface area contributed by atoms with E-state index in [1.54, 1.807) is 42.5 Å². The molecular formula is C23H17F2NO2. The number of halogens is 2. The summed E-state index contributed by atoms with van der Waals surface area (Å²) < 4.78 is 30.2. The summed E-state index contributed by atoms with van der Waals surface area (Å²) in [5.74, 6) is -2.16. The topological polar surface area (TPSA) is 37.4 Å². The number of likely N-dealkylation sites (tertiary alicyclic amines) is 1. The van der Waals surface area contributed by atoms with Gasteiger partial charge in [-0.15, -0.1) is 0 Å². The van der Waals surface area contributed by atoms with E-state index in [1.807, 2.05) is 0 Å². The molecule has 5 heteroatoms. The highest BCUT2D eigenvalue weighted by molar-refractivity contribution is 6.04. The monoisotopic (exact) mass is 377 g/mol. The Morgan fingerprint density at radius 2 is 1.07 bits per heavy atom. The van der Waals surface area contributed by atoms with Gasteiger partial charge in [-0.3, -0.25) is 14.5 Å². The van der Waals surface area contributed by atoms with Crippen LogP contribution in [0.2, 0.25) is 0 Å². The molecule has 1 aliphatic heterocycles. The summed E-state index contributed by atoms with van der Waals surface area (Å²) in [6.07, 6.45) is 0.0205. The zero-order chi connectivity index (χ0) is 19.7. The number of imide groups is 1. The van der Waals surface area contributed by atoms with Crippen molar-refractivity contribution in [3.63, 3.8) is 0 Å². The number of carbonyl (C=O) groups excluding carboxylic acids is 2. The molecule has 1 aliphatic rings. The van der Waals surface area contributed by atoms with Gasteiger partial charge in [0, 0.05) is 24.0 Å². The van der Waals surface area contributed by atoms with E-state index in [1.165, 1.54) is 36.4 Å². The van der Waals surface area contributed by atoms with E-state index in [9.17, 15) is 9.59 Å². The molecule has 1 saturated heterocycles. The van der Waals surface area contributed by atoms with Gasteiger partial charge in [-0.25, -0.2) is 8.78 Å². The van der Waals surface area contributed by atoms with E-state index in [2.05, 4.69) is 0 Å². The number of nitrogens with zero attached hydrogens (tertiary/aromatic N) is 1. The van der Waals surface area contributed by atoms with Gasteiger partial charge in [0.1, 0.15) is 17.2 Å². The summed E-state index contributed by atoms with van der Waals surface area (Å²) >= 11 is 0. The van der Waals surface area contributed by atoms with Crippen LogP contribution in [-0.2, 0) is 15.1 Å². The Hall–Kier alpha value is -3.34. The van der Waals surface area contributed by atoms with E-state index in [4.69, 9.17) is 0 Å². The summed E-state index contributed by atoms with van der Waals surface area (Å²) in [5.41, 5.74) is -1.19. The third-order valence-electron chi connectivity index (χ3n) is 5.11. The van der Waals surface area contributed by atoms with Crippen LogP contribution in [0.15, 0.2) is 78.9 Å². The van der Waals surface area contributed by atoms with E-state index in [0.29, 0.717) is 5.56 Å². The van der Waals surface area contributed by atoms with Crippen LogP contribution in [0.4, 0.5) is 8.78 Å². The van der Waals surface area contributed by atoms with Crippen LogP contribution in [-0.4, -0.2) is 16.7 Å². The third kappa shape index (κ3) is 2.62. The first-order valence-electron chi connectivity index (χ1n) is 8.98. The first-order chi connectivity index (χ1) is 13.6. The highest BCUT2D eigenvalue weighted by atomic mass is 19.1. The van der Waals surface area contributed by atoms with Crippen molar-refractivity contribution < 1.29 is 18.4 Å². The molecule has 3 aromatic carbocycles. The van der Waals surface area contributed by atoms with E-state index >= 15 is 8.78 Å². The number of benzene rings is 3. The molecule has 0 spiro atoms. The predicted molar refractivity (Wildman–Crippen MR) is 100 cm³/mol. The molecule has 0 N–H and O–H groups in total. The number of hydrogen-bond acceptors (Lipinski definition) is 2. The Morgan fingerprint density at radius 3 is 1.54 bits per heavy atom. The Balaban J connectivity index is 2.18. The zero-order valence-electron chi connectivity index (χ0n) is 14.9.